The lowest BCUT2D eigenvalue weighted by molar-refractivity contribution is 0.203. The fraction of sp³-hybridized carbons (Fsp3) is 0.276. The Labute approximate surface area is 201 Å². The minimum absolute atomic E-state index is 0.516. The van der Waals surface area contributed by atoms with Crippen molar-refractivity contribution in [3.63, 3.8) is 0 Å². The average molecular weight is 457 g/mol. The monoisotopic (exact) mass is 456 g/mol. The molecule has 0 fully saturated rings. The first-order valence-corrected chi connectivity index (χ1v) is 11.6. The van der Waals surface area contributed by atoms with Crippen LogP contribution < -0.4 is 9.47 Å². The van der Waals surface area contributed by atoms with E-state index in [0.29, 0.717) is 19.0 Å². The fourth-order valence-electron chi connectivity index (χ4n) is 4.16. The summed E-state index contributed by atoms with van der Waals surface area (Å²) in [6.07, 6.45) is 2.61. The quantitative estimate of drug-likeness (QED) is 0.237. The molecule has 5 nitrogen and oxygen atoms in total. The van der Waals surface area contributed by atoms with Crippen LogP contribution in [0, 0.1) is 13.8 Å². The lowest BCUT2D eigenvalue weighted by Crippen LogP contribution is -2.12. The van der Waals surface area contributed by atoms with Gasteiger partial charge in [-0.25, -0.2) is 4.98 Å². The number of nitrogens with zero attached hydrogens (tertiary/aromatic N) is 2. The highest BCUT2D eigenvalue weighted by atomic mass is 16.5. The minimum atomic E-state index is -0.798. The molecule has 0 aliphatic rings. The Balaban J connectivity index is 1.55. The number of ether oxygens (including phenoxy) is 2. The second-order valence-corrected chi connectivity index (χ2v) is 8.54. The first-order valence-electron chi connectivity index (χ1n) is 11.6. The van der Waals surface area contributed by atoms with Crippen LogP contribution in [0.25, 0.3) is 11.0 Å². The Morgan fingerprint density at radius 2 is 1.79 bits per heavy atom. The van der Waals surface area contributed by atoms with Crippen LogP contribution in [0.4, 0.5) is 0 Å². The summed E-state index contributed by atoms with van der Waals surface area (Å²) in [6, 6.07) is 19.9. The van der Waals surface area contributed by atoms with E-state index in [4.69, 9.17) is 14.5 Å². The highest BCUT2D eigenvalue weighted by Gasteiger charge is 2.20. The zero-order valence-electron chi connectivity index (χ0n) is 20.1. The van der Waals surface area contributed by atoms with Gasteiger partial charge in [-0.15, -0.1) is 6.58 Å². The molecule has 4 rings (SSSR count). The highest BCUT2D eigenvalue weighted by Crippen LogP contribution is 2.30. The number of aromatic nitrogens is 2. The van der Waals surface area contributed by atoms with Gasteiger partial charge in [0.25, 0.3) is 0 Å². The number of rotatable bonds is 10. The second kappa shape index (κ2) is 10.6. The van der Waals surface area contributed by atoms with Crippen LogP contribution in [-0.2, 0) is 13.0 Å². The van der Waals surface area contributed by atoms with E-state index in [1.165, 1.54) is 11.1 Å². The van der Waals surface area contributed by atoms with Gasteiger partial charge in [0.05, 0.1) is 24.8 Å². The lowest BCUT2D eigenvalue weighted by atomic mass is 10.1. The second-order valence-electron chi connectivity index (χ2n) is 8.54. The van der Waals surface area contributed by atoms with Crippen molar-refractivity contribution in [2.45, 2.75) is 39.3 Å². The molecule has 1 N–H and O–H groups in total. The van der Waals surface area contributed by atoms with E-state index in [-0.39, 0.29) is 0 Å². The molecule has 1 atom stereocenters. The lowest BCUT2D eigenvalue weighted by Gasteiger charge is -2.16. The van der Waals surface area contributed by atoms with Crippen molar-refractivity contribution in [2.75, 3.05) is 13.7 Å². The molecule has 0 radical (unpaired) electrons. The van der Waals surface area contributed by atoms with Crippen LogP contribution in [0.3, 0.4) is 0 Å². The number of aliphatic hydroxyl groups excluding tert-OH is 1. The predicted molar refractivity (Wildman–Crippen MR) is 137 cm³/mol. The van der Waals surface area contributed by atoms with Crippen LogP contribution >= 0.6 is 0 Å². The van der Waals surface area contributed by atoms with E-state index in [1.807, 2.05) is 54.6 Å². The van der Waals surface area contributed by atoms with Crippen molar-refractivity contribution >= 4 is 11.0 Å². The fourth-order valence-corrected chi connectivity index (χ4v) is 4.16. The predicted octanol–water partition coefficient (Wildman–Crippen LogP) is 5.94. The molecule has 4 aromatic rings. The van der Waals surface area contributed by atoms with Crippen molar-refractivity contribution in [3.05, 3.63) is 101 Å². The van der Waals surface area contributed by atoms with Crippen molar-refractivity contribution in [2.24, 2.45) is 0 Å². The highest BCUT2D eigenvalue weighted by molar-refractivity contribution is 5.78. The Morgan fingerprint density at radius 3 is 2.53 bits per heavy atom. The Bertz CT molecular complexity index is 1280. The van der Waals surface area contributed by atoms with Gasteiger partial charge in [-0.1, -0.05) is 42.5 Å². The summed E-state index contributed by atoms with van der Waals surface area (Å²) in [6.45, 7) is 9.17. The Morgan fingerprint density at radius 1 is 1.03 bits per heavy atom. The van der Waals surface area contributed by atoms with Crippen molar-refractivity contribution in [1.82, 2.24) is 9.55 Å². The Kier molecular flexibility index (Phi) is 7.33. The number of aryl methyl sites for hydroxylation is 3. The SMILES string of the molecule is C=CCc1ccc(OCCCn2c(C(O)c3ccccc3)nc3cc(C)c(C)cc32)c(OC)c1. The molecule has 1 heterocycles. The van der Waals surface area contributed by atoms with Gasteiger partial charge < -0.3 is 19.1 Å². The van der Waals surface area contributed by atoms with Crippen LogP contribution in [0.2, 0.25) is 0 Å². The van der Waals surface area contributed by atoms with Crippen molar-refractivity contribution in [1.29, 1.82) is 0 Å². The van der Waals surface area contributed by atoms with Crippen LogP contribution in [0.1, 0.15) is 40.6 Å². The molecule has 176 valence electrons. The number of hydrogen-bond acceptors (Lipinski definition) is 4. The Hall–Kier alpha value is -3.57. The van der Waals surface area contributed by atoms with Gasteiger partial charge in [-0.2, -0.15) is 0 Å². The van der Waals surface area contributed by atoms with Crippen LogP contribution in [-0.4, -0.2) is 28.4 Å². The number of fused-ring (bicyclic) bond motifs is 1. The zero-order chi connectivity index (χ0) is 24.1. The van der Waals surface area contributed by atoms with E-state index in [2.05, 4.69) is 37.1 Å². The van der Waals surface area contributed by atoms with Gasteiger partial charge in [-0.05, 0) is 73.2 Å². The zero-order valence-corrected chi connectivity index (χ0v) is 20.1. The molecule has 0 amide bonds. The third kappa shape index (κ3) is 5.00. The summed E-state index contributed by atoms with van der Waals surface area (Å²) < 4.78 is 13.7. The normalized spacial score (nSPS) is 12.0. The molecule has 0 bridgehead atoms. The maximum atomic E-state index is 11.1. The summed E-state index contributed by atoms with van der Waals surface area (Å²) in [7, 11) is 1.65. The number of methoxy groups -OCH3 is 1. The molecule has 5 heteroatoms. The molecule has 1 aromatic heterocycles. The van der Waals surface area contributed by atoms with Gasteiger partial charge in [0, 0.05) is 6.54 Å². The van der Waals surface area contributed by atoms with Crippen molar-refractivity contribution in [3.8, 4) is 11.5 Å². The topological polar surface area (TPSA) is 56.5 Å². The summed E-state index contributed by atoms with van der Waals surface area (Å²) in [5, 5.41) is 11.1. The van der Waals surface area contributed by atoms with Crippen LogP contribution in [0.5, 0.6) is 11.5 Å². The molecule has 0 spiro atoms. The van der Waals surface area contributed by atoms with E-state index < -0.39 is 6.10 Å². The first kappa shape index (κ1) is 23.6. The average Bonchev–Trinajstić information content (AvgIpc) is 3.19. The standard InChI is InChI=1S/C29H32N2O3/c1-5-10-22-13-14-26(27(19-22)33-4)34-16-9-15-31-25-18-21(3)20(2)17-24(25)30-29(31)28(32)23-11-7-6-8-12-23/h5-8,11-14,17-19,28,32H,1,9-10,15-16H2,2-4H3. The maximum absolute atomic E-state index is 11.1. The molecule has 34 heavy (non-hydrogen) atoms. The van der Waals surface area contributed by atoms with Gasteiger partial charge in [0.2, 0.25) is 0 Å². The van der Waals surface area contributed by atoms with E-state index in [1.54, 1.807) is 7.11 Å². The molecule has 0 aliphatic carbocycles. The van der Waals surface area contributed by atoms with Gasteiger partial charge in [0.1, 0.15) is 11.9 Å². The van der Waals surface area contributed by atoms with Crippen LogP contribution in [0.15, 0.2) is 73.3 Å². The molecular weight excluding hydrogens is 424 g/mol. The molecular formula is C29H32N2O3. The molecule has 0 saturated carbocycles. The summed E-state index contributed by atoms with van der Waals surface area (Å²) >= 11 is 0. The molecule has 0 saturated heterocycles. The van der Waals surface area contributed by atoms with Gasteiger partial charge in [0.15, 0.2) is 11.5 Å². The van der Waals surface area contributed by atoms with E-state index >= 15 is 0 Å². The number of hydrogen-bond donors (Lipinski definition) is 1. The summed E-state index contributed by atoms with van der Waals surface area (Å²) in [5.74, 6) is 2.10. The molecule has 3 aromatic carbocycles. The number of benzene rings is 3. The van der Waals surface area contributed by atoms with Gasteiger partial charge in [-0.3, -0.25) is 0 Å². The number of imidazole rings is 1. The largest absolute Gasteiger partial charge is 0.493 e. The smallest absolute Gasteiger partial charge is 0.161 e. The number of aliphatic hydroxyl groups is 1. The third-order valence-corrected chi connectivity index (χ3v) is 6.14. The first-order chi connectivity index (χ1) is 16.5. The summed E-state index contributed by atoms with van der Waals surface area (Å²) in [5.41, 5.74) is 6.28. The molecule has 0 aliphatic heterocycles. The van der Waals surface area contributed by atoms with Crippen molar-refractivity contribution < 1.29 is 14.6 Å². The molecule has 1 unspecified atom stereocenters. The minimum Gasteiger partial charge on any atom is -0.493 e. The van der Waals surface area contributed by atoms with E-state index in [9.17, 15) is 5.11 Å². The van der Waals surface area contributed by atoms with E-state index in [0.717, 1.165) is 46.5 Å². The van der Waals surface area contributed by atoms with Gasteiger partial charge >= 0.3 is 0 Å². The third-order valence-electron chi connectivity index (χ3n) is 6.14. The number of allylic oxidation sites excluding steroid dienone is 1. The summed E-state index contributed by atoms with van der Waals surface area (Å²) in [4.78, 5) is 4.83. The maximum Gasteiger partial charge on any atom is 0.161 e.